The van der Waals surface area contributed by atoms with Gasteiger partial charge in [0.05, 0.1) is 12.1 Å². The van der Waals surface area contributed by atoms with Crippen molar-refractivity contribution in [1.29, 1.82) is 0 Å². The van der Waals surface area contributed by atoms with Crippen molar-refractivity contribution in [3.63, 3.8) is 0 Å². The second-order valence-electron chi connectivity index (χ2n) is 7.44. The zero-order valence-corrected chi connectivity index (χ0v) is 14.8. The molecule has 0 bridgehead atoms. The SMILES string of the molecule is CC(C)(C)C1[C@@H](O)[C@@H](CNC(=O)OCc2ccccc2)CN1C(=O)O. The summed E-state index contributed by atoms with van der Waals surface area (Å²) in [5.74, 6) is -0.371. The molecule has 25 heavy (non-hydrogen) atoms. The van der Waals surface area contributed by atoms with E-state index in [1.165, 1.54) is 4.90 Å². The van der Waals surface area contributed by atoms with E-state index in [0.29, 0.717) is 0 Å². The number of carbonyl (C=O) groups is 2. The summed E-state index contributed by atoms with van der Waals surface area (Å²) in [6.45, 7) is 6.16. The Hall–Kier alpha value is -2.28. The van der Waals surface area contributed by atoms with E-state index in [4.69, 9.17) is 4.74 Å². The molecule has 0 spiro atoms. The van der Waals surface area contributed by atoms with E-state index in [-0.39, 0.29) is 25.6 Å². The fourth-order valence-corrected chi connectivity index (χ4v) is 3.27. The first-order valence-corrected chi connectivity index (χ1v) is 8.32. The Morgan fingerprint density at radius 2 is 1.92 bits per heavy atom. The minimum absolute atomic E-state index is 0.158. The highest BCUT2D eigenvalue weighted by atomic mass is 16.5. The molecular formula is C18H26N2O5. The first-order valence-electron chi connectivity index (χ1n) is 8.32. The molecule has 0 radical (unpaired) electrons. The third-order valence-corrected chi connectivity index (χ3v) is 4.43. The van der Waals surface area contributed by atoms with Crippen LogP contribution in [0, 0.1) is 11.3 Å². The van der Waals surface area contributed by atoms with Gasteiger partial charge in [0, 0.05) is 19.0 Å². The molecule has 0 saturated carbocycles. The summed E-state index contributed by atoms with van der Waals surface area (Å²) in [6, 6.07) is 8.79. The van der Waals surface area contributed by atoms with Gasteiger partial charge in [-0.15, -0.1) is 0 Å². The van der Waals surface area contributed by atoms with Gasteiger partial charge >= 0.3 is 12.2 Å². The first-order chi connectivity index (χ1) is 11.7. The zero-order chi connectivity index (χ0) is 18.6. The Morgan fingerprint density at radius 1 is 1.28 bits per heavy atom. The lowest BCUT2D eigenvalue weighted by Gasteiger charge is -2.35. The van der Waals surface area contributed by atoms with Crippen LogP contribution in [-0.4, -0.2) is 52.5 Å². The molecule has 0 aromatic heterocycles. The molecule has 1 heterocycles. The largest absolute Gasteiger partial charge is 0.465 e. The summed E-state index contributed by atoms with van der Waals surface area (Å²) in [7, 11) is 0. The van der Waals surface area contributed by atoms with E-state index in [9.17, 15) is 19.8 Å². The number of ether oxygens (including phenoxy) is 1. The highest BCUT2D eigenvalue weighted by Gasteiger charge is 2.48. The van der Waals surface area contributed by atoms with Crippen LogP contribution >= 0.6 is 0 Å². The predicted octanol–water partition coefficient (Wildman–Crippen LogP) is 2.30. The summed E-state index contributed by atoms with van der Waals surface area (Å²) in [5, 5.41) is 22.5. The normalized spacial score (nSPS) is 23.4. The molecular weight excluding hydrogens is 324 g/mol. The number of nitrogens with one attached hydrogen (secondary N) is 1. The molecule has 1 aliphatic heterocycles. The molecule has 0 aliphatic carbocycles. The summed E-state index contributed by atoms with van der Waals surface area (Å²) in [6.07, 6.45) is -2.49. The van der Waals surface area contributed by atoms with Crippen LogP contribution < -0.4 is 5.32 Å². The molecule has 1 fully saturated rings. The smallest absolute Gasteiger partial charge is 0.407 e. The van der Waals surface area contributed by atoms with E-state index in [0.717, 1.165) is 5.56 Å². The Labute approximate surface area is 147 Å². The second kappa shape index (κ2) is 7.74. The van der Waals surface area contributed by atoms with Gasteiger partial charge in [0.2, 0.25) is 0 Å². The highest BCUT2D eigenvalue weighted by Crippen LogP contribution is 2.35. The maximum absolute atomic E-state index is 11.8. The van der Waals surface area contributed by atoms with Gasteiger partial charge < -0.3 is 25.2 Å². The monoisotopic (exact) mass is 350 g/mol. The van der Waals surface area contributed by atoms with Crippen LogP contribution in [0.4, 0.5) is 9.59 Å². The third-order valence-electron chi connectivity index (χ3n) is 4.43. The molecule has 3 atom stereocenters. The average molecular weight is 350 g/mol. The second-order valence-corrected chi connectivity index (χ2v) is 7.44. The van der Waals surface area contributed by atoms with Gasteiger partial charge in [0.25, 0.3) is 0 Å². The molecule has 2 amide bonds. The van der Waals surface area contributed by atoms with Gasteiger partial charge in [-0.3, -0.25) is 0 Å². The number of benzene rings is 1. The topological polar surface area (TPSA) is 99.1 Å². The van der Waals surface area contributed by atoms with E-state index < -0.39 is 29.7 Å². The standard InChI is InChI=1S/C18H26N2O5/c1-18(2,3)15-14(21)13(10-20(15)17(23)24)9-19-16(22)25-11-12-7-5-4-6-8-12/h4-8,13-15,21H,9-11H2,1-3H3,(H,19,22)(H,23,24)/t13-,14-,15?/m0/s1. The van der Waals surface area contributed by atoms with Crippen LogP contribution in [0.15, 0.2) is 30.3 Å². The lowest BCUT2D eigenvalue weighted by molar-refractivity contribution is 0.0353. The highest BCUT2D eigenvalue weighted by molar-refractivity contribution is 5.68. The van der Waals surface area contributed by atoms with Crippen molar-refractivity contribution in [2.24, 2.45) is 11.3 Å². The number of aliphatic hydroxyl groups excluding tert-OH is 1. The maximum atomic E-state index is 11.8. The fraction of sp³-hybridized carbons (Fsp3) is 0.556. The predicted molar refractivity (Wildman–Crippen MR) is 92.1 cm³/mol. The Bertz CT molecular complexity index is 599. The van der Waals surface area contributed by atoms with Gasteiger partial charge in [0.15, 0.2) is 0 Å². The Morgan fingerprint density at radius 3 is 2.44 bits per heavy atom. The summed E-state index contributed by atoms with van der Waals surface area (Å²) < 4.78 is 5.13. The van der Waals surface area contributed by atoms with Gasteiger partial charge in [-0.05, 0) is 11.0 Å². The average Bonchev–Trinajstić information content (AvgIpc) is 2.89. The van der Waals surface area contributed by atoms with Crippen LogP contribution in [-0.2, 0) is 11.3 Å². The van der Waals surface area contributed by atoms with Crippen LogP contribution in [0.25, 0.3) is 0 Å². The molecule has 7 heteroatoms. The molecule has 1 aliphatic rings. The summed E-state index contributed by atoms with van der Waals surface area (Å²) in [5.41, 5.74) is 0.476. The van der Waals surface area contributed by atoms with E-state index in [1.54, 1.807) is 0 Å². The van der Waals surface area contributed by atoms with Crippen molar-refractivity contribution >= 4 is 12.2 Å². The number of rotatable bonds is 4. The van der Waals surface area contributed by atoms with Gasteiger partial charge in [0.1, 0.15) is 6.61 Å². The van der Waals surface area contributed by atoms with Gasteiger partial charge in [-0.25, -0.2) is 9.59 Å². The summed E-state index contributed by atoms with van der Waals surface area (Å²) >= 11 is 0. The molecule has 138 valence electrons. The number of likely N-dealkylation sites (tertiary alicyclic amines) is 1. The van der Waals surface area contributed by atoms with E-state index >= 15 is 0 Å². The van der Waals surface area contributed by atoms with E-state index in [1.807, 2.05) is 51.1 Å². The van der Waals surface area contributed by atoms with Crippen LogP contribution in [0.2, 0.25) is 0 Å². The molecule has 7 nitrogen and oxygen atoms in total. The first kappa shape index (κ1) is 19.1. The lowest BCUT2D eigenvalue weighted by Crippen LogP contribution is -2.47. The van der Waals surface area contributed by atoms with Crippen molar-refractivity contribution in [2.45, 2.75) is 39.5 Å². The molecule has 1 unspecified atom stereocenters. The third kappa shape index (κ3) is 4.85. The zero-order valence-electron chi connectivity index (χ0n) is 14.8. The molecule has 2 rings (SSSR count). The number of carboxylic acid groups (broad SMARTS) is 1. The van der Waals surface area contributed by atoms with Crippen molar-refractivity contribution in [3.8, 4) is 0 Å². The van der Waals surface area contributed by atoms with Gasteiger partial charge in [-0.1, -0.05) is 51.1 Å². The van der Waals surface area contributed by atoms with E-state index in [2.05, 4.69) is 5.32 Å². The molecule has 1 aromatic carbocycles. The summed E-state index contributed by atoms with van der Waals surface area (Å²) in [4.78, 5) is 24.5. The quantitative estimate of drug-likeness (QED) is 0.774. The van der Waals surface area contributed by atoms with Crippen molar-refractivity contribution < 1.29 is 24.5 Å². The number of nitrogens with zero attached hydrogens (tertiary/aromatic N) is 1. The molecule has 1 aromatic rings. The van der Waals surface area contributed by atoms with Crippen LogP contribution in [0.5, 0.6) is 0 Å². The minimum Gasteiger partial charge on any atom is -0.465 e. The Balaban J connectivity index is 1.87. The maximum Gasteiger partial charge on any atom is 0.407 e. The minimum atomic E-state index is -1.06. The number of aliphatic hydroxyl groups is 1. The number of alkyl carbamates (subject to hydrolysis) is 1. The number of hydrogen-bond acceptors (Lipinski definition) is 4. The van der Waals surface area contributed by atoms with Crippen LogP contribution in [0.3, 0.4) is 0 Å². The lowest BCUT2D eigenvalue weighted by atomic mass is 9.82. The van der Waals surface area contributed by atoms with Crippen molar-refractivity contribution in [1.82, 2.24) is 10.2 Å². The number of hydrogen-bond donors (Lipinski definition) is 3. The number of amides is 2. The molecule has 3 N–H and O–H groups in total. The van der Waals surface area contributed by atoms with Gasteiger partial charge in [-0.2, -0.15) is 0 Å². The molecule has 1 saturated heterocycles. The Kier molecular flexibility index (Phi) is 5.89. The fourth-order valence-electron chi connectivity index (χ4n) is 3.27. The van der Waals surface area contributed by atoms with Crippen molar-refractivity contribution in [3.05, 3.63) is 35.9 Å². The van der Waals surface area contributed by atoms with Crippen LogP contribution in [0.1, 0.15) is 26.3 Å². The van der Waals surface area contributed by atoms with Crippen molar-refractivity contribution in [2.75, 3.05) is 13.1 Å². The number of carbonyl (C=O) groups excluding carboxylic acids is 1.